The molecule has 2 aromatic carbocycles. The summed E-state index contributed by atoms with van der Waals surface area (Å²) >= 11 is 1.26. The summed E-state index contributed by atoms with van der Waals surface area (Å²) in [5.74, 6) is -1.16. The Morgan fingerprint density at radius 2 is 1.64 bits per heavy atom. The summed E-state index contributed by atoms with van der Waals surface area (Å²) in [6, 6.07) is 12.0. The Hall–Kier alpha value is -3.66. The summed E-state index contributed by atoms with van der Waals surface area (Å²) in [5.41, 5.74) is 0.00775. The molecule has 28 heavy (non-hydrogen) atoms. The molecule has 0 radical (unpaired) electrons. The van der Waals surface area contributed by atoms with Crippen LogP contribution in [-0.2, 0) is 6.42 Å². The molecule has 2 N–H and O–H groups in total. The van der Waals surface area contributed by atoms with Crippen LogP contribution in [0.5, 0.6) is 0 Å². The van der Waals surface area contributed by atoms with Crippen LogP contribution in [-0.4, -0.2) is 26.9 Å². The number of nitro benzene ring substituents is 1. The summed E-state index contributed by atoms with van der Waals surface area (Å²) in [7, 11) is 0. The highest BCUT2D eigenvalue weighted by atomic mass is 32.1. The predicted molar refractivity (Wildman–Crippen MR) is 105 cm³/mol. The standard InChI is InChI=1S/C18H15N5O4S/c1-2-15-21-22-18(28-15)20-16(24)11-7-3-5-9-13(11)19-17(25)12-8-4-6-10-14(12)23(26)27/h3-10H,2H2,1H3,(H,19,25)(H,20,22,24). The normalized spacial score (nSPS) is 10.3. The minimum Gasteiger partial charge on any atom is -0.321 e. The Labute approximate surface area is 163 Å². The quantitative estimate of drug-likeness (QED) is 0.484. The molecule has 0 spiro atoms. The predicted octanol–water partition coefficient (Wildman–Crippen LogP) is 3.51. The van der Waals surface area contributed by atoms with E-state index in [1.807, 2.05) is 6.92 Å². The van der Waals surface area contributed by atoms with Crippen LogP contribution >= 0.6 is 11.3 Å². The van der Waals surface area contributed by atoms with Crippen molar-refractivity contribution in [2.24, 2.45) is 0 Å². The first-order valence-electron chi connectivity index (χ1n) is 8.27. The van der Waals surface area contributed by atoms with Crippen molar-refractivity contribution in [3.63, 3.8) is 0 Å². The lowest BCUT2D eigenvalue weighted by Gasteiger charge is -2.10. The molecule has 0 aliphatic carbocycles. The van der Waals surface area contributed by atoms with Gasteiger partial charge in [0.1, 0.15) is 10.6 Å². The molecule has 142 valence electrons. The summed E-state index contributed by atoms with van der Waals surface area (Å²) in [5, 5.41) is 25.3. The number of hydrogen-bond acceptors (Lipinski definition) is 7. The van der Waals surface area contributed by atoms with Crippen molar-refractivity contribution in [1.29, 1.82) is 0 Å². The number of hydrogen-bond donors (Lipinski definition) is 2. The molecule has 3 aromatic rings. The van der Waals surface area contributed by atoms with Gasteiger partial charge in [-0.05, 0) is 24.6 Å². The first-order chi connectivity index (χ1) is 13.5. The number of anilines is 2. The van der Waals surface area contributed by atoms with Crippen LogP contribution in [0, 0.1) is 10.1 Å². The molecule has 0 saturated heterocycles. The molecular weight excluding hydrogens is 382 g/mol. The smallest absolute Gasteiger partial charge is 0.282 e. The van der Waals surface area contributed by atoms with Gasteiger partial charge >= 0.3 is 0 Å². The highest BCUT2D eigenvalue weighted by molar-refractivity contribution is 7.15. The second kappa shape index (κ2) is 8.35. The highest BCUT2D eigenvalue weighted by Crippen LogP contribution is 2.23. The van der Waals surface area contributed by atoms with Crippen LogP contribution in [0.25, 0.3) is 0 Å². The summed E-state index contributed by atoms with van der Waals surface area (Å²) < 4.78 is 0. The molecule has 9 nitrogen and oxygen atoms in total. The Morgan fingerprint density at radius 1 is 1.00 bits per heavy atom. The number of nitro groups is 1. The van der Waals surface area contributed by atoms with Gasteiger partial charge < -0.3 is 5.32 Å². The minimum atomic E-state index is -0.684. The lowest BCUT2D eigenvalue weighted by molar-refractivity contribution is -0.385. The number of amides is 2. The maximum absolute atomic E-state index is 12.6. The third-order valence-electron chi connectivity index (χ3n) is 3.76. The molecule has 0 fully saturated rings. The largest absolute Gasteiger partial charge is 0.321 e. The Bertz CT molecular complexity index is 1050. The fourth-order valence-electron chi connectivity index (χ4n) is 2.42. The lowest BCUT2D eigenvalue weighted by atomic mass is 10.1. The molecular formula is C18H15N5O4S. The lowest BCUT2D eigenvalue weighted by Crippen LogP contribution is -2.19. The average molecular weight is 397 g/mol. The molecule has 2 amide bonds. The minimum absolute atomic E-state index is 0.0978. The van der Waals surface area contributed by atoms with Gasteiger partial charge in [-0.25, -0.2) is 0 Å². The summed E-state index contributed by atoms with van der Waals surface area (Å²) in [6.07, 6.45) is 0.704. The second-order valence-corrected chi connectivity index (χ2v) is 6.64. The Kier molecular flexibility index (Phi) is 5.70. The number of nitrogens with one attached hydrogen (secondary N) is 2. The van der Waals surface area contributed by atoms with E-state index in [1.54, 1.807) is 18.2 Å². The van der Waals surface area contributed by atoms with Crippen molar-refractivity contribution in [2.45, 2.75) is 13.3 Å². The van der Waals surface area contributed by atoms with Crippen LogP contribution in [0.4, 0.5) is 16.5 Å². The van der Waals surface area contributed by atoms with Gasteiger partial charge in [-0.1, -0.05) is 42.5 Å². The molecule has 0 aliphatic rings. The monoisotopic (exact) mass is 397 g/mol. The van der Waals surface area contributed by atoms with Gasteiger partial charge in [0.25, 0.3) is 17.5 Å². The van der Waals surface area contributed by atoms with E-state index < -0.39 is 16.7 Å². The number of para-hydroxylation sites is 2. The van der Waals surface area contributed by atoms with E-state index >= 15 is 0 Å². The van der Waals surface area contributed by atoms with Crippen LogP contribution < -0.4 is 10.6 Å². The number of carbonyl (C=O) groups excluding carboxylic acids is 2. The fraction of sp³-hybridized carbons (Fsp3) is 0.111. The SMILES string of the molecule is CCc1nnc(NC(=O)c2ccccc2NC(=O)c2ccccc2[N+](=O)[O-])s1. The number of nitrogens with zero attached hydrogens (tertiary/aromatic N) is 3. The van der Waals surface area contributed by atoms with E-state index in [2.05, 4.69) is 20.8 Å². The van der Waals surface area contributed by atoms with Crippen molar-refractivity contribution in [3.8, 4) is 0 Å². The zero-order chi connectivity index (χ0) is 20.1. The number of aromatic nitrogens is 2. The first kappa shape index (κ1) is 19.1. The van der Waals surface area contributed by atoms with Gasteiger partial charge in [-0.2, -0.15) is 0 Å². The van der Waals surface area contributed by atoms with Gasteiger partial charge in [-0.3, -0.25) is 25.0 Å². The van der Waals surface area contributed by atoms with Crippen molar-refractivity contribution in [3.05, 3.63) is 74.8 Å². The van der Waals surface area contributed by atoms with Crippen LogP contribution in [0.1, 0.15) is 32.6 Å². The zero-order valence-corrected chi connectivity index (χ0v) is 15.5. The van der Waals surface area contributed by atoms with E-state index in [-0.39, 0.29) is 22.5 Å². The summed E-state index contributed by atoms with van der Waals surface area (Å²) in [4.78, 5) is 35.6. The van der Waals surface area contributed by atoms with Crippen molar-refractivity contribution < 1.29 is 14.5 Å². The van der Waals surface area contributed by atoms with Crippen molar-refractivity contribution in [1.82, 2.24) is 10.2 Å². The third kappa shape index (κ3) is 4.18. The van der Waals surface area contributed by atoms with E-state index in [0.717, 1.165) is 5.01 Å². The maximum atomic E-state index is 12.6. The average Bonchev–Trinajstić information content (AvgIpc) is 3.15. The number of rotatable bonds is 6. The topological polar surface area (TPSA) is 127 Å². The number of benzene rings is 2. The van der Waals surface area contributed by atoms with Crippen molar-refractivity contribution >= 4 is 39.7 Å². The third-order valence-corrected chi connectivity index (χ3v) is 4.74. The van der Waals surface area contributed by atoms with E-state index in [4.69, 9.17) is 0 Å². The van der Waals surface area contributed by atoms with Crippen LogP contribution in [0.2, 0.25) is 0 Å². The highest BCUT2D eigenvalue weighted by Gasteiger charge is 2.21. The Balaban J connectivity index is 1.83. The molecule has 1 aromatic heterocycles. The van der Waals surface area contributed by atoms with Crippen LogP contribution in [0.3, 0.4) is 0 Å². The zero-order valence-electron chi connectivity index (χ0n) is 14.7. The Morgan fingerprint density at radius 3 is 2.32 bits per heavy atom. The van der Waals surface area contributed by atoms with E-state index in [1.165, 1.54) is 41.7 Å². The van der Waals surface area contributed by atoms with Crippen LogP contribution in [0.15, 0.2) is 48.5 Å². The van der Waals surface area contributed by atoms with Gasteiger partial charge in [-0.15, -0.1) is 10.2 Å². The molecule has 3 rings (SSSR count). The molecule has 0 aliphatic heterocycles. The molecule has 10 heteroatoms. The maximum Gasteiger partial charge on any atom is 0.282 e. The number of aryl methyl sites for hydroxylation is 1. The first-order valence-corrected chi connectivity index (χ1v) is 9.08. The molecule has 0 bridgehead atoms. The molecule has 1 heterocycles. The molecule has 0 atom stereocenters. The van der Waals surface area contributed by atoms with Gasteiger partial charge in [0.2, 0.25) is 5.13 Å². The second-order valence-electron chi connectivity index (χ2n) is 5.58. The molecule has 0 saturated carbocycles. The van der Waals surface area contributed by atoms with E-state index in [0.29, 0.717) is 11.6 Å². The van der Waals surface area contributed by atoms with E-state index in [9.17, 15) is 19.7 Å². The number of carbonyl (C=O) groups is 2. The van der Waals surface area contributed by atoms with Gasteiger partial charge in [0.15, 0.2) is 0 Å². The van der Waals surface area contributed by atoms with Crippen molar-refractivity contribution in [2.75, 3.05) is 10.6 Å². The van der Waals surface area contributed by atoms with Gasteiger partial charge in [0, 0.05) is 6.07 Å². The summed E-state index contributed by atoms with van der Waals surface area (Å²) in [6.45, 7) is 1.93. The molecule has 0 unspecified atom stereocenters. The van der Waals surface area contributed by atoms with Gasteiger partial charge in [0.05, 0.1) is 16.2 Å². The fourth-order valence-corrected chi connectivity index (χ4v) is 3.09.